The lowest BCUT2D eigenvalue weighted by atomic mass is 10.1. The second-order valence-electron chi connectivity index (χ2n) is 10.4. The Morgan fingerprint density at radius 2 is 1.61 bits per heavy atom. The van der Waals surface area contributed by atoms with Gasteiger partial charge in [-0.25, -0.2) is 9.59 Å². The standard InChI is InChI=1S/C29H40N4O5/c1-29(2,3)38-27(35)30-18-10-13-25(32-28(36)37-21-22-11-6-4-7-12-22)26(34)31-23-14-16-24(17-15-23)33-19-8-5-9-20-33/h4,6-7,11-12,14-17,25H,5,8-10,13,18-21H2,1-3H3,(H,30,35)(H,31,34)(H,32,36)/t25-/m0/s1. The number of anilines is 2. The summed E-state index contributed by atoms with van der Waals surface area (Å²) in [5, 5.41) is 8.24. The zero-order valence-electron chi connectivity index (χ0n) is 22.6. The Hall–Kier alpha value is -3.75. The van der Waals surface area contributed by atoms with Gasteiger partial charge in [-0.05, 0) is 82.7 Å². The van der Waals surface area contributed by atoms with E-state index in [4.69, 9.17) is 9.47 Å². The van der Waals surface area contributed by atoms with Crippen LogP contribution in [-0.2, 0) is 20.9 Å². The number of benzene rings is 2. The normalized spacial score (nSPS) is 14.2. The van der Waals surface area contributed by atoms with Gasteiger partial charge < -0.3 is 30.3 Å². The largest absolute Gasteiger partial charge is 0.445 e. The van der Waals surface area contributed by atoms with Crippen LogP contribution >= 0.6 is 0 Å². The maximum Gasteiger partial charge on any atom is 0.408 e. The van der Waals surface area contributed by atoms with Crippen LogP contribution < -0.4 is 20.9 Å². The van der Waals surface area contributed by atoms with E-state index in [-0.39, 0.29) is 12.5 Å². The lowest BCUT2D eigenvalue weighted by molar-refractivity contribution is -0.118. The molecule has 0 unspecified atom stereocenters. The lowest BCUT2D eigenvalue weighted by Crippen LogP contribution is -2.44. The molecule has 0 bridgehead atoms. The highest BCUT2D eigenvalue weighted by Gasteiger charge is 2.22. The van der Waals surface area contributed by atoms with Crippen LogP contribution in [0.25, 0.3) is 0 Å². The molecular formula is C29H40N4O5. The second kappa shape index (κ2) is 14.3. The SMILES string of the molecule is CC(C)(C)OC(=O)NCCC[C@H](NC(=O)OCc1ccccc1)C(=O)Nc1ccc(N2CCCCC2)cc1. The molecule has 0 aromatic heterocycles. The summed E-state index contributed by atoms with van der Waals surface area (Å²) >= 11 is 0. The molecule has 1 aliphatic rings. The van der Waals surface area contributed by atoms with Crippen LogP contribution in [0.15, 0.2) is 54.6 Å². The van der Waals surface area contributed by atoms with Crippen molar-refractivity contribution in [2.24, 2.45) is 0 Å². The Morgan fingerprint density at radius 1 is 0.921 bits per heavy atom. The van der Waals surface area contributed by atoms with Crippen molar-refractivity contribution in [3.63, 3.8) is 0 Å². The van der Waals surface area contributed by atoms with Gasteiger partial charge in [0.1, 0.15) is 18.2 Å². The molecule has 0 radical (unpaired) electrons. The number of hydrogen-bond acceptors (Lipinski definition) is 6. The summed E-state index contributed by atoms with van der Waals surface area (Å²) in [4.78, 5) is 39.9. The van der Waals surface area contributed by atoms with Crippen LogP contribution in [0, 0.1) is 0 Å². The van der Waals surface area contributed by atoms with E-state index in [0.717, 1.165) is 24.3 Å². The Bertz CT molecular complexity index is 1030. The van der Waals surface area contributed by atoms with Crippen molar-refractivity contribution in [2.75, 3.05) is 29.9 Å². The second-order valence-corrected chi connectivity index (χ2v) is 10.4. The minimum atomic E-state index is -0.847. The fourth-order valence-corrected chi connectivity index (χ4v) is 4.12. The number of amides is 3. The molecule has 2 aromatic carbocycles. The topological polar surface area (TPSA) is 109 Å². The number of ether oxygens (including phenoxy) is 2. The predicted octanol–water partition coefficient (Wildman–Crippen LogP) is 5.22. The number of nitrogens with zero attached hydrogens (tertiary/aromatic N) is 1. The molecule has 0 spiro atoms. The number of alkyl carbamates (subject to hydrolysis) is 2. The predicted molar refractivity (Wildman–Crippen MR) is 148 cm³/mol. The van der Waals surface area contributed by atoms with Crippen molar-refractivity contribution >= 4 is 29.5 Å². The third kappa shape index (κ3) is 10.3. The maximum atomic E-state index is 13.1. The minimum absolute atomic E-state index is 0.0964. The Kier molecular flexibility index (Phi) is 10.8. The van der Waals surface area contributed by atoms with Crippen molar-refractivity contribution in [1.82, 2.24) is 10.6 Å². The van der Waals surface area contributed by atoms with E-state index in [1.54, 1.807) is 20.8 Å². The molecule has 1 atom stereocenters. The zero-order valence-corrected chi connectivity index (χ0v) is 22.6. The molecule has 1 fully saturated rings. The third-order valence-corrected chi connectivity index (χ3v) is 6.02. The number of hydrogen-bond donors (Lipinski definition) is 3. The fourth-order valence-electron chi connectivity index (χ4n) is 4.12. The van der Waals surface area contributed by atoms with E-state index in [0.29, 0.717) is 25.1 Å². The highest BCUT2D eigenvalue weighted by molar-refractivity contribution is 5.96. The van der Waals surface area contributed by atoms with Crippen LogP contribution in [0.3, 0.4) is 0 Å². The summed E-state index contributed by atoms with van der Waals surface area (Å²) in [6, 6.07) is 16.2. The first-order valence-corrected chi connectivity index (χ1v) is 13.3. The van der Waals surface area contributed by atoms with E-state index in [9.17, 15) is 14.4 Å². The molecule has 3 rings (SSSR count). The molecule has 0 aliphatic carbocycles. The molecule has 1 saturated heterocycles. The minimum Gasteiger partial charge on any atom is -0.445 e. The van der Waals surface area contributed by atoms with Crippen LogP contribution in [-0.4, -0.2) is 49.4 Å². The summed E-state index contributed by atoms with van der Waals surface area (Å²) in [6.07, 6.45) is 3.18. The van der Waals surface area contributed by atoms with Gasteiger partial charge in [-0.2, -0.15) is 0 Å². The van der Waals surface area contributed by atoms with Crippen LogP contribution in [0.1, 0.15) is 58.4 Å². The third-order valence-electron chi connectivity index (χ3n) is 6.02. The van der Waals surface area contributed by atoms with E-state index >= 15 is 0 Å². The van der Waals surface area contributed by atoms with Gasteiger partial charge in [0.2, 0.25) is 5.91 Å². The van der Waals surface area contributed by atoms with Crippen LogP contribution in [0.4, 0.5) is 21.0 Å². The first-order valence-electron chi connectivity index (χ1n) is 13.3. The summed E-state index contributed by atoms with van der Waals surface area (Å²) in [5.41, 5.74) is 2.03. The maximum absolute atomic E-state index is 13.1. The van der Waals surface area contributed by atoms with Gasteiger partial charge in [0.15, 0.2) is 0 Å². The van der Waals surface area contributed by atoms with Gasteiger partial charge in [-0.3, -0.25) is 4.79 Å². The van der Waals surface area contributed by atoms with E-state index in [1.807, 2.05) is 54.6 Å². The quantitative estimate of drug-likeness (QED) is 0.368. The molecule has 9 nitrogen and oxygen atoms in total. The van der Waals surface area contributed by atoms with Crippen molar-refractivity contribution in [3.05, 3.63) is 60.2 Å². The van der Waals surface area contributed by atoms with Gasteiger partial charge in [-0.15, -0.1) is 0 Å². The molecule has 1 aliphatic heterocycles. The summed E-state index contributed by atoms with van der Waals surface area (Å²) < 4.78 is 10.6. The number of rotatable bonds is 10. The molecular weight excluding hydrogens is 484 g/mol. The van der Waals surface area contributed by atoms with Crippen LogP contribution in [0.2, 0.25) is 0 Å². The highest BCUT2D eigenvalue weighted by atomic mass is 16.6. The van der Waals surface area contributed by atoms with Crippen molar-refractivity contribution in [2.45, 2.75) is 71.1 Å². The summed E-state index contributed by atoms with van der Waals surface area (Å²) in [6.45, 7) is 7.84. The fraction of sp³-hybridized carbons (Fsp3) is 0.483. The number of piperidine rings is 1. The molecule has 3 N–H and O–H groups in total. The van der Waals surface area contributed by atoms with E-state index < -0.39 is 23.8 Å². The highest BCUT2D eigenvalue weighted by Crippen LogP contribution is 2.22. The molecule has 2 aromatic rings. The van der Waals surface area contributed by atoms with Crippen molar-refractivity contribution < 1.29 is 23.9 Å². The first-order chi connectivity index (χ1) is 18.2. The van der Waals surface area contributed by atoms with E-state index in [2.05, 4.69) is 20.9 Å². The van der Waals surface area contributed by atoms with Crippen molar-refractivity contribution in [1.29, 1.82) is 0 Å². The monoisotopic (exact) mass is 524 g/mol. The van der Waals surface area contributed by atoms with Crippen LogP contribution in [0.5, 0.6) is 0 Å². The van der Waals surface area contributed by atoms with Gasteiger partial charge in [-0.1, -0.05) is 30.3 Å². The van der Waals surface area contributed by atoms with Gasteiger partial charge in [0, 0.05) is 31.0 Å². The molecule has 1 heterocycles. The average molecular weight is 525 g/mol. The van der Waals surface area contributed by atoms with E-state index in [1.165, 1.54) is 19.3 Å². The Balaban J connectivity index is 1.55. The lowest BCUT2D eigenvalue weighted by Gasteiger charge is -2.29. The number of carbonyl (C=O) groups excluding carboxylic acids is 3. The number of nitrogens with one attached hydrogen (secondary N) is 3. The molecule has 38 heavy (non-hydrogen) atoms. The Labute approximate surface area is 225 Å². The molecule has 206 valence electrons. The van der Waals surface area contributed by atoms with Gasteiger partial charge in [0.25, 0.3) is 0 Å². The molecule has 3 amide bonds. The molecule has 0 saturated carbocycles. The Morgan fingerprint density at radius 3 is 2.26 bits per heavy atom. The first kappa shape index (κ1) is 28.8. The average Bonchev–Trinajstić information content (AvgIpc) is 2.89. The van der Waals surface area contributed by atoms with Crippen molar-refractivity contribution in [3.8, 4) is 0 Å². The smallest absolute Gasteiger partial charge is 0.408 e. The summed E-state index contributed by atoms with van der Waals surface area (Å²) in [7, 11) is 0. The number of carbonyl (C=O) groups is 3. The molecule has 9 heteroatoms. The summed E-state index contributed by atoms with van der Waals surface area (Å²) in [5.74, 6) is -0.357. The zero-order chi connectivity index (χ0) is 27.4. The van der Waals surface area contributed by atoms with Gasteiger partial charge in [0.05, 0.1) is 0 Å². The van der Waals surface area contributed by atoms with Gasteiger partial charge >= 0.3 is 12.2 Å².